The van der Waals surface area contributed by atoms with Gasteiger partial charge in [-0.1, -0.05) is 32.4 Å². The lowest BCUT2D eigenvalue weighted by atomic mass is 9.81. The molecule has 0 bridgehead atoms. The van der Waals surface area contributed by atoms with E-state index in [0.29, 0.717) is 25.4 Å². The fourth-order valence-electron chi connectivity index (χ4n) is 3.97. The van der Waals surface area contributed by atoms with Gasteiger partial charge in [-0.05, 0) is 42.4 Å². The molecule has 2 fully saturated rings. The Balaban J connectivity index is 1.70. The number of nitrogens with zero attached hydrogens (tertiary/aromatic N) is 1. The van der Waals surface area contributed by atoms with E-state index < -0.39 is 11.4 Å². The molecule has 1 aromatic carbocycles. The molecule has 3 rings (SSSR count). The highest BCUT2D eigenvalue weighted by molar-refractivity contribution is 5.90. The van der Waals surface area contributed by atoms with Crippen molar-refractivity contribution in [1.29, 1.82) is 0 Å². The van der Waals surface area contributed by atoms with Gasteiger partial charge in [-0.25, -0.2) is 4.79 Å². The van der Waals surface area contributed by atoms with Gasteiger partial charge in [0.15, 0.2) is 0 Å². The van der Waals surface area contributed by atoms with E-state index in [1.54, 1.807) is 4.90 Å². The van der Waals surface area contributed by atoms with Gasteiger partial charge in [0.1, 0.15) is 0 Å². The zero-order valence-electron chi connectivity index (χ0n) is 13.7. The highest BCUT2D eigenvalue weighted by Gasteiger charge is 2.55. The van der Waals surface area contributed by atoms with Gasteiger partial charge in [0.25, 0.3) is 0 Å². The second-order valence-corrected chi connectivity index (χ2v) is 7.14. The van der Waals surface area contributed by atoms with Crippen LogP contribution in [0, 0.1) is 11.3 Å². The van der Waals surface area contributed by atoms with E-state index in [9.17, 15) is 14.7 Å². The van der Waals surface area contributed by atoms with Crippen molar-refractivity contribution in [2.24, 2.45) is 11.3 Å². The SMILES string of the molecule is CC(C)c1cccc(NC(=O)N2C[C@@H]3CCC[C@@]3(C(=O)O)C2)c1. The lowest BCUT2D eigenvalue weighted by molar-refractivity contribution is -0.149. The van der Waals surface area contributed by atoms with Gasteiger partial charge >= 0.3 is 12.0 Å². The quantitative estimate of drug-likeness (QED) is 0.896. The van der Waals surface area contributed by atoms with Crippen molar-refractivity contribution in [3.05, 3.63) is 29.8 Å². The smallest absolute Gasteiger partial charge is 0.321 e. The van der Waals surface area contributed by atoms with E-state index >= 15 is 0 Å². The van der Waals surface area contributed by atoms with Crippen LogP contribution >= 0.6 is 0 Å². The van der Waals surface area contributed by atoms with E-state index in [4.69, 9.17) is 0 Å². The van der Waals surface area contributed by atoms with Gasteiger partial charge in [0.2, 0.25) is 0 Å². The molecule has 2 amide bonds. The average molecular weight is 316 g/mol. The van der Waals surface area contributed by atoms with Crippen LogP contribution in [0.4, 0.5) is 10.5 Å². The highest BCUT2D eigenvalue weighted by atomic mass is 16.4. The van der Waals surface area contributed by atoms with E-state index in [1.807, 2.05) is 24.3 Å². The molecule has 5 heteroatoms. The number of urea groups is 1. The van der Waals surface area contributed by atoms with Crippen molar-refractivity contribution < 1.29 is 14.7 Å². The number of hydrogen-bond acceptors (Lipinski definition) is 2. The molecule has 1 aromatic rings. The number of nitrogens with one attached hydrogen (secondary N) is 1. The largest absolute Gasteiger partial charge is 0.481 e. The Morgan fingerprint density at radius 2 is 2.17 bits per heavy atom. The van der Waals surface area contributed by atoms with Crippen molar-refractivity contribution in [3.8, 4) is 0 Å². The Hall–Kier alpha value is -2.04. The number of carbonyl (C=O) groups is 2. The molecule has 1 aliphatic carbocycles. The molecular weight excluding hydrogens is 292 g/mol. The Kier molecular flexibility index (Phi) is 4.04. The van der Waals surface area contributed by atoms with Crippen molar-refractivity contribution in [1.82, 2.24) is 4.90 Å². The molecule has 1 heterocycles. The summed E-state index contributed by atoms with van der Waals surface area (Å²) >= 11 is 0. The standard InChI is InChI=1S/C18H24N2O3/c1-12(2)13-5-3-7-15(9-13)19-17(23)20-10-14-6-4-8-18(14,11-20)16(21)22/h3,5,7,9,12,14H,4,6,8,10-11H2,1-2H3,(H,19,23)(H,21,22)/t14-,18+/m0/s1. The van der Waals surface area contributed by atoms with Gasteiger partial charge in [-0.15, -0.1) is 0 Å². The van der Waals surface area contributed by atoms with Crippen LogP contribution in [0.15, 0.2) is 24.3 Å². The zero-order chi connectivity index (χ0) is 16.6. The number of anilines is 1. The molecule has 1 aliphatic heterocycles. The molecule has 2 atom stereocenters. The Bertz CT molecular complexity index is 628. The van der Waals surface area contributed by atoms with Crippen LogP contribution < -0.4 is 5.32 Å². The molecule has 0 aromatic heterocycles. The second-order valence-electron chi connectivity index (χ2n) is 7.14. The number of carbonyl (C=O) groups excluding carboxylic acids is 1. The minimum Gasteiger partial charge on any atom is -0.481 e. The summed E-state index contributed by atoms with van der Waals surface area (Å²) in [4.78, 5) is 25.9. The predicted octanol–water partition coefficient (Wildman–Crippen LogP) is 3.53. The fourth-order valence-corrected chi connectivity index (χ4v) is 3.97. The van der Waals surface area contributed by atoms with Crippen molar-refractivity contribution in [2.45, 2.75) is 39.0 Å². The topological polar surface area (TPSA) is 69.6 Å². The number of aliphatic carboxylic acids is 1. The van der Waals surface area contributed by atoms with Crippen LogP contribution in [0.5, 0.6) is 0 Å². The number of hydrogen-bond donors (Lipinski definition) is 2. The molecule has 0 unspecified atom stereocenters. The third kappa shape index (κ3) is 2.80. The van der Waals surface area contributed by atoms with Gasteiger partial charge in [0.05, 0.1) is 5.41 Å². The lowest BCUT2D eigenvalue weighted by Crippen LogP contribution is -2.38. The number of amides is 2. The molecule has 124 valence electrons. The second kappa shape index (κ2) is 5.87. The van der Waals surface area contributed by atoms with Crippen molar-refractivity contribution >= 4 is 17.7 Å². The molecular formula is C18H24N2O3. The summed E-state index contributed by atoms with van der Waals surface area (Å²) in [5.41, 5.74) is 1.21. The van der Waals surface area contributed by atoms with Crippen LogP contribution in [0.1, 0.15) is 44.6 Å². The molecule has 1 saturated carbocycles. The Labute approximate surface area is 136 Å². The van der Waals surface area contributed by atoms with Crippen LogP contribution in [0.2, 0.25) is 0 Å². The maximum Gasteiger partial charge on any atom is 0.321 e. The number of rotatable bonds is 3. The molecule has 0 spiro atoms. The molecule has 1 saturated heterocycles. The molecule has 23 heavy (non-hydrogen) atoms. The van der Waals surface area contributed by atoms with E-state index in [1.165, 1.54) is 5.56 Å². The average Bonchev–Trinajstić information content (AvgIpc) is 3.05. The summed E-state index contributed by atoms with van der Waals surface area (Å²) in [6, 6.07) is 7.63. The van der Waals surface area contributed by atoms with Crippen LogP contribution in [-0.4, -0.2) is 35.1 Å². The maximum absolute atomic E-state index is 12.5. The molecule has 5 nitrogen and oxygen atoms in total. The first-order valence-corrected chi connectivity index (χ1v) is 8.31. The number of likely N-dealkylation sites (tertiary alicyclic amines) is 1. The summed E-state index contributed by atoms with van der Waals surface area (Å²) in [6.07, 6.45) is 2.53. The first-order valence-electron chi connectivity index (χ1n) is 8.31. The summed E-state index contributed by atoms with van der Waals surface area (Å²) in [7, 11) is 0. The summed E-state index contributed by atoms with van der Waals surface area (Å²) < 4.78 is 0. The van der Waals surface area contributed by atoms with Gasteiger partial charge < -0.3 is 15.3 Å². The Morgan fingerprint density at radius 1 is 1.39 bits per heavy atom. The minimum atomic E-state index is -0.753. The van der Waals surface area contributed by atoms with Gasteiger partial charge in [-0.3, -0.25) is 4.79 Å². The van der Waals surface area contributed by atoms with Gasteiger partial charge in [-0.2, -0.15) is 0 Å². The lowest BCUT2D eigenvalue weighted by Gasteiger charge is -2.23. The van der Waals surface area contributed by atoms with Crippen LogP contribution in [0.3, 0.4) is 0 Å². The summed E-state index contributed by atoms with van der Waals surface area (Å²) in [6.45, 7) is 5.09. The highest BCUT2D eigenvalue weighted by Crippen LogP contribution is 2.48. The third-order valence-corrected chi connectivity index (χ3v) is 5.39. The number of carboxylic acids is 1. The number of carboxylic acid groups (broad SMARTS) is 1. The van der Waals surface area contributed by atoms with Crippen molar-refractivity contribution in [3.63, 3.8) is 0 Å². The molecule has 2 aliphatic rings. The minimum absolute atomic E-state index is 0.0905. The maximum atomic E-state index is 12.5. The molecule has 0 radical (unpaired) electrons. The van der Waals surface area contributed by atoms with E-state index in [-0.39, 0.29) is 11.9 Å². The van der Waals surface area contributed by atoms with Crippen LogP contribution in [0.25, 0.3) is 0 Å². The van der Waals surface area contributed by atoms with E-state index in [0.717, 1.165) is 18.5 Å². The first-order chi connectivity index (χ1) is 10.9. The number of fused-ring (bicyclic) bond motifs is 1. The Morgan fingerprint density at radius 3 is 2.83 bits per heavy atom. The zero-order valence-corrected chi connectivity index (χ0v) is 13.7. The van der Waals surface area contributed by atoms with E-state index in [2.05, 4.69) is 19.2 Å². The summed E-state index contributed by atoms with van der Waals surface area (Å²) in [5, 5.41) is 12.5. The first kappa shape index (κ1) is 15.8. The van der Waals surface area contributed by atoms with Gasteiger partial charge in [0, 0.05) is 18.8 Å². The number of benzene rings is 1. The monoisotopic (exact) mass is 316 g/mol. The molecule has 2 N–H and O–H groups in total. The fraction of sp³-hybridized carbons (Fsp3) is 0.556. The predicted molar refractivity (Wildman–Crippen MR) is 88.5 cm³/mol. The summed E-state index contributed by atoms with van der Waals surface area (Å²) in [5.74, 6) is -0.266. The normalized spacial score (nSPS) is 26.4. The van der Waals surface area contributed by atoms with Crippen molar-refractivity contribution in [2.75, 3.05) is 18.4 Å². The third-order valence-electron chi connectivity index (χ3n) is 5.39. The van der Waals surface area contributed by atoms with Crippen LogP contribution in [-0.2, 0) is 4.79 Å².